The molecule has 0 fully saturated rings. The van der Waals surface area contributed by atoms with Crippen LogP contribution in [0.3, 0.4) is 0 Å². The number of esters is 2. The van der Waals surface area contributed by atoms with Gasteiger partial charge in [0.25, 0.3) is 0 Å². The van der Waals surface area contributed by atoms with Gasteiger partial charge in [-0.3, -0.25) is 0 Å². The first-order valence-electron chi connectivity index (χ1n) is 7.66. The number of hydrogen-bond donors (Lipinski definition) is 1. The molecule has 1 N–H and O–H groups in total. The van der Waals surface area contributed by atoms with Crippen molar-refractivity contribution in [2.24, 2.45) is 0 Å². The summed E-state index contributed by atoms with van der Waals surface area (Å²) < 4.78 is 11.4. The largest absolute Gasteiger partial charge is 0.461 e. The first-order chi connectivity index (χ1) is 11.0. The van der Waals surface area contributed by atoms with Crippen LogP contribution in [0.15, 0.2) is 40.5 Å². The van der Waals surface area contributed by atoms with Gasteiger partial charge in [0.2, 0.25) is 0 Å². The van der Waals surface area contributed by atoms with Gasteiger partial charge >= 0.3 is 17.7 Å². The third kappa shape index (κ3) is 3.93. The van der Waals surface area contributed by atoms with Crippen molar-refractivity contribution in [2.45, 2.75) is 38.8 Å². The third-order valence-electron chi connectivity index (χ3n) is 3.50. The summed E-state index contributed by atoms with van der Waals surface area (Å²) in [6.07, 6.45) is 3.96. The summed E-state index contributed by atoms with van der Waals surface area (Å²) in [5, 5.41) is 3.08. The molecular formula is C17H20BrNO4. The fourth-order valence-electron chi connectivity index (χ4n) is 2.37. The van der Waals surface area contributed by atoms with E-state index in [1.54, 1.807) is 31.2 Å². The van der Waals surface area contributed by atoms with E-state index in [-0.39, 0.29) is 6.61 Å². The highest BCUT2D eigenvalue weighted by atomic mass is 79.9. The molecule has 2 rings (SSSR count). The molecule has 1 aliphatic rings. The summed E-state index contributed by atoms with van der Waals surface area (Å²) in [7, 11) is 0. The molecule has 5 nitrogen and oxygen atoms in total. The van der Waals surface area contributed by atoms with Crippen LogP contribution in [0.1, 0.15) is 38.7 Å². The minimum atomic E-state index is -1.63. The van der Waals surface area contributed by atoms with Crippen LogP contribution in [0.5, 0.6) is 0 Å². The van der Waals surface area contributed by atoms with Gasteiger partial charge < -0.3 is 14.8 Å². The van der Waals surface area contributed by atoms with E-state index < -0.39 is 17.7 Å². The molecule has 23 heavy (non-hydrogen) atoms. The Balaban J connectivity index is 2.42. The summed E-state index contributed by atoms with van der Waals surface area (Å²) in [5.41, 5.74) is -0.431. The van der Waals surface area contributed by atoms with Gasteiger partial charge in [0, 0.05) is 21.8 Å². The minimum absolute atomic E-state index is 0.199. The maximum atomic E-state index is 12.6. The number of rotatable bonds is 6. The predicted molar refractivity (Wildman–Crippen MR) is 89.3 cm³/mol. The van der Waals surface area contributed by atoms with Gasteiger partial charge in [0.05, 0.1) is 6.61 Å². The highest BCUT2D eigenvalue weighted by Gasteiger charge is 2.48. The average Bonchev–Trinajstić information content (AvgIpc) is 2.53. The molecule has 1 unspecified atom stereocenters. The van der Waals surface area contributed by atoms with E-state index in [4.69, 9.17) is 9.47 Å². The Hall–Kier alpha value is -1.82. The molecular weight excluding hydrogens is 362 g/mol. The van der Waals surface area contributed by atoms with Crippen LogP contribution >= 0.6 is 15.9 Å². The van der Waals surface area contributed by atoms with Gasteiger partial charge in [0.15, 0.2) is 0 Å². The van der Waals surface area contributed by atoms with Crippen LogP contribution in [0.25, 0.3) is 0 Å². The lowest BCUT2D eigenvalue weighted by atomic mass is 9.99. The molecule has 1 aromatic rings. The van der Waals surface area contributed by atoms with Crippen LogP contribution < -0.4 is 5.32 Å². The Morgan fingerprint density at radius 2 is 2.00 bits per heavy atom. The summed E-state index contributed by atoms with van der Waals surface area (Å²) in [6, 6.07) is 7.03. The second-order valence-corrected chi connectivity index (χ2v) is 6.14. The number of benzene rings is 1. The second-order valence-electron chi connectivity index (χ2n) is 5.23. The Morgan fingerprint density at radius 1 is 1.30 bits per heavy atom. The van der Waals surface area contributed by atoms with Crippen LogP contribution in [0.2, 0.25) is 0 Å². The Kier molecular flexibility index (Phi) is 5.82. The number of cyclic esters (lactones) is 1. The molecule has 6 heteroatoms. The molecule has 1 aromatic carbocycles. The number of halogens is 1. The standard InChI is InChI=1S/C17H20BrNO4/c1-3-5-6-14-11-15(20)23-17(19-14,16(21)22-4-2)12-7-9-13(18)10-8-12/h7-11,19H,3-6H2,1-2H3. The number of allylic oxidation sites excluding steroid dienone is 1. The molecule has 0 amide bonds. The molecule has 124 valence electrons. The number of hydrogen-bond acceptors (Lipinski definition) is 5. The van der Waals surface area contributed by atoms with Gasteiger partial charge in [-0.2, -0.15) is 0 Å². The molecule has 0 aromatic heterocycles. The van der Waals surface area contributed by atoms with E-state index in [1.807, 2.05) is 0 Å². The van der Waals surface area contributed by atoms with Gasteiger partial charge in [-0.25, -0.2) is 9.59 Å². The summed E-state index contributed by atoms with van der Waals surface area (Å²) in [4.78, 5) is 24.6. The molecule has 1 heterocycles. The molecule has 1 atom stereocenters. The smallest absolute Gasteiger partial charge is 0.377 e. The van der Waals surface area contributed by atoms with Gasteiger partial charge in [-0.1, -0.05) is 41.4 Å². The monoisotopic (exact) mass is 381 g/mol. The number of nitrogens with one attached hydrogen (secondary N) is 1. The molecule has 0 saturated carbocycles. The first kappa shape index (κ1) is 17.5. The van der Waals surface area contributed by atoms with E-state index in [2.05, 4.69) is 28.2 Å². The zero-order valence-corrected chi connectivity index (χ0v) is 14.8. The molecule has 0 radical (unpaired) electrons. The van der Waals surface area contributed by atoms with Crippen LogP contribution in [-0.4, -0.2) is 18.5 Å². The van der Waals surface area contributed by atoms with Gasteiger partial charge in [0.1, 0.15) is 0 Å². The summed E-state index contributed by atoms with van der Waals surface area (Å²) in [6.45, 7) is 3.98. The Labute approximate surface area is 144 Å². The van der Waals surface area contributed by atoms with Crippen molar-refractivity contribution in [3.63, 3.8) is 0 Å². The SMILES string of the molecule is CCCCC1=CC(=O)OC(C(=O)OCC)(c2ccc(Br)cc2)N1. The normalized spacial score (nSPS) is 20.3. The Bertz CT molecular complexity index is 612. The first-order valence-corrected chi connectivity index (χ1v) is 8.46. The van der Waals surface area contributed by atoms with Crippen molar-refractivity contribution in [3.8, 4) is 0 Å². The number of carbonyl (C=O) groups excluding carboxylic acids is 2. The quantitative estimate of drug-likeness (QED) is 0.765. The predicted octanol–water partition coefficient (Wildman–Crippen LogP) is 3.39. The van der Waals surface area contributed by atoms with E-state index in [9.17, 15) is 9.59 Å². The molecule has 0 saturated heterocycles. The van der Waals surface area contributed by atoms with Crippen LogP contribution in [0.4, 0.5) is 0 Å². The maximum Gasteiger partial charge on any atom is 0.377 e. The average molecular weight is 382 g/mol. The van der Waals surface area contributed by atoms with Crippen molar-refractivity contribution in [3.05, 3.63) is 46.1 Å². The van der Waals surface area contributed by atoms with E-state index >= 15 is 0 Å². The van der Waals surface area contributed by atoms with Crippen LogP contribution in [-0.2, 0) is 24.8 Å². The number of carbonyl (C=O) groups is 2. The van der Waals surface area contributed by atoms with Crippen molar-refractivity contribution < 1.29 is 19.1 Å². The van der Waals surface area contributed by atoms with Crippen LogP contribution in [0, 0.1) is 0 Å². The topological polar surface area (TPSA) is 64.6 Å². The lowest BCUT2D eigenvalue weighted by Crippen LogP contribution is -2.55. The van der Waals surface area contributed by atoms with Gasteiger partial charge in [-0.05, 0) is 31.9 Å². The van der Waals surface area contributed by atoms with Crippen molar-refractivity contribution in [1.82, 2.24) is 5.32 Å². The Morgan fingerprint density at radius 3 is 2.61 bits per heavy atom. The lowest BCUT2D eigenvalue weighted by Gasteiger charge is -2.36. The number of ether oxygens (including phenoxy) is 2. The summed E-state index contributed by atoms with van der Waals surface area (Å²) in [5.74, 6) is -1.18. The maximum absolute atomic E-state index is 12.6. The van der Waals surface area contributed by atoms with E-state index in [0.717, 1.165) is 17.3 Å². The fraction of sp³-hybridized carbons (Fsp3) is 0.412. The highest BCUT2D eigenvalue weighted by Crippen LogP contribution is 2.31. The van der Waals surface area contributed by atoms with E-state index in [0.29, 0.717) is 17.7 Å². The zero-order chi connectivity index (χ0) is 16.9. The third-order valence-corrected chi connectivity index (χ3v) is 4.02. The second kappa shape index (κ2) is 7.64. The van der Waals surface area contributed by atoms with Crippen molar-refractivity contribution in [1.29, 1.82) is 0 Å². The fourth-order valence-corrected chi connectivity index (χ4v) is 2.64. The lowest BCUT2D eigenvalue weighted by molar-refractivity contribution is -0.187. The van der Waals surface area contributed by atoms with Gasteiger partial charge in [-0.15, -0.1) is 0 Å². The molecule has 0 aliphatic carbocycles. The molecule has 1 aliphatic heterocycles. The highest BCUT2D eigenvalue weighted by molar-refractivity contribution is 9.10. The van der Waals surface area contributed by atoms with Crippen molar-refractivity contribution in [2.75, 3.05) is 6.61 Å². The van der Waals surface area contributed by atoms with E-state index in [1.165, 1.54) is 6.08 Å². The minimum Gasteiger partial charge on any atom is -0.461 e. The summed E-state index contributed by atoms with van der Waals surface area (Å²) >= 11 is 3.36. The number of unbranched alkanes of at least 4 members (excludes halogenated alkanes) is 1. The molecule has 0 spiro atoms. The zero-order valence-electron chi connectivity index (χ0n) is 13.2. The van der Waals surface area contributed by atoms with Crippen molar-refractivity contribution >= 4 is 27.9 Å². The molecule has 0 bridgehead atoms.